The van der Waals surface area contributed by atoms with Gasteiger partial charge in [-0.2, -0.15) is 0 Å². The molecule has 0 radical (unpaired) electrons. The van der Waals surface area contributed by atoms with Crippen molar-refractivity contribution in [1.82, 2.24) is 4.90 Å². The summed E-state index contributed by atoms with van der Waals surface area (Å²) < 4.78 is 0. The lowest BCUT2D eigenvalue weighted by Gasteiger charge is -2.39. The van der Waals surface area contributed by atoms with Gasteiger partial charge in [-0.25, -0.2) is 0 Å². The number of piperazine rings is 1. The van der Waals surface area contributed by atoms with E-state index in [9.17, 15) is 4.79 Å². The number of hydrogen-bond acceptors (Lipinski definition) is 3. The van der Waals surface area contributed by atoms with E-state index in [1.54, 1.807) is 0 Å². The summed E-state index contributed by atoms with van der Waals surface area (Å²) >= 11 is 0. The van der Waals surface area contributed by atoms with Crippen LogP contribution in [0, 0.1) is 0 Å². The van der Waals surface area contributed by atoms with Crippen LogP contribution in [0.2, 0.25) is 0 Å². The molecule has 4 nitrogen and oxygen atoms in total. The molecule has 3 rings (SSSR count). The van der Waals surface area contributed by atoms with Crippen LogP contribution in [0.25, 0.3) is 0 Å². The molecule has 2 N–H and O–H groups in total. The summed E-state index contributed by atoms with van der Waals surface area (Å²) in [5.41, 5.74) is 8.38. The molecule has 1 amide bonds. The maximum atomic E-state index is 12.0. The molecule has 1 aromatic carbocycles. The topological polar surface area (TPSA) is 49.6 Å². The molecule has 0 bridgehead atoms. The lowest BCUT2D eigenvalue weighted by atomic mass is 9.73. The first kappa shape index (κ1) is 12.6. The summed E-state index contributed by atoms with van der Waals surface area (Å²) in [6, 6.07) is 8.23. The van der Waals surface area contributed by atoms with E-state index in [1.165, 1.54) is 12.0 Å². The van der Waals surface area contributed by atoms with Crippen molar-refractivity contribution in [1.29, 1.82) is 0 Å². The number of likely N-dealkylation sites (N-methyl/N-ethyl adjacent to an activating group) is 1. The number of nitrogens with zero attached hydrogens (tertiary/aromatic N) is 2. The molecule has 102 valence electrons. The molecule has 4 heteroatoms. The van der Waals surface area contributed by atoms with Gasteiger partial charge in [-0.15, -0.1) is 0 Å². The van der Waals surface area contributed by atoms with Crippen molar-refractivity contribution in [2.45, 2.75) is 24.8 Å². The van der Waals surface area contributed by atoms with Gasteiger partial charge >= 0.3 is 0 Å². The van der Waals surface area contributed by atoms with Crippen LogP contribution < -0.4 is 10.6 Å². The van der Waals surface area contributed by atoms with Crippen molar-refractivity contribution in [3.63, 3.8) is 0 Å². The molecular formula is C15H21N3O. The second-order valence-electron chi connectivity index (χ2n) is 5.84. The third-order valence-corrected chi connectivity index (χ3v) is 4.41. The number of anilines is 1. The molecule has 0 aromatic heterocycles. The monoisotopic (exact) mass is 259 g/mol. The van der Waals surface area contributed by atoms with Crippen LogP contribution in [-0.2, 0) is 10.3 Å². The minimum atomic E-state index is -0.120. The molecule has 1 aliphatic carbocycles. The summed E-state index contributed by atoms with van der Waals surface area (Å²) in [5, 5.41) is 0. The summed E-state index contributed by atoms with van der Waals surface area (Å²) in [7, 11) is 1.98. The Labute approximate surface area is 114 Å². The average molecular weight is 259 g/mol. The van der Waals surface area contributed by atoms with Crippen molar-refractivity contribution in [2.24, 2.45) is 5.73 Å². The molecule has 2 aliphatic rings. The molecule has 0 atom stereocenters. The van der Waals surface area contributed by atoms with Gasteiger partial charge in [0.05, 0.1) is 6.54 Å². The Kier molecular flexibility index (Phi) is 3.07. The number of amides is 1. The first-order chi connectivity index (χ1) is 9.08. The van der Waals surface area contributed by atoms with E-state index in [0.717, 1.165) is 31.6 Å². The quantitative estimate of drug-likeness (QED) is 0.871. The van der Waals surface area contributed by atoms with E-state index in [1.807, 2.05) is 24.1 Å². The number of benzene rings is 1. The zero-order chi connectivity index (χ0) is 13.5. The second kappa shape index (κ2) is 4.62. The Balaban J connectivity index is 1.77. The number of nitrogens with two attached hydrogens (primary N) is 1. The Bertz CT molecular complexity index is 479. The molecule has 1 saturated heterocycles. The Hall–Kier alpha value is -1.39. The highest BCUT2D eigenvalue weighted by molar-refractivity contribution is 5.95. The maximum Gasteiger partial charge on any atom is 0.241 e. The van der Waals surface area contributed by atoms with Gasteiger partial charge in [0.2, 0.25) is 5.91 Å². The van der Waals surface area contributed by atoms with Crippen LogP contribution in [0.5, 0.6) is 0 Å². The van der Waals surface area contributed by atoms with Gasteiger partial charge in [-0.05, 0) is 44.0 Å². The van der Waals surface area contributed by atoms with Crippen LogP contribution >= 0.6 is 0 Å². The van der Waals surface area contributed by atoms with Gasteiger partial charge in [0.25, 0.3) is 0 Å². The Morgan fingerprint density at radius 3 is 2.37 bits per heavy atom. The lowest BCUT2D eigenvalue weighted by molar-refractivity contribution is -0.120. The van der Waals surface area contributed by atoms with Gasteiger partial charge < -0.3 is 10.6 Å². The van der Waals surface area contributed by atoms with Gasteiger partial charge in [0.1, 0.15) is 0 Å². The average Bonchev–Trinajstić information content (AvgIpc) is 2.36. The summed E-state index contributed by atoms with van der Waals surface area (Å²) in [6.45, 7) is 2.19. The van der Waals surface area contributed by atoms with E-state index in [2.05, 4.69) is 17.0 Å². The highest BCUT2D eigenvalue weighted by atomic mass is 16.2. The number of rotatable bonds is 2. The predicted octanol–water partition coefficient (Wildman–Crippen LogP) is 1.30. The van der Waals surface area contributed by atoms with Crippen molar-refractivity contribution < 1.29 is 4.79 Å². The van der Waals surface area contributed by atoms with Crippen molar-refractivity contribution >= 4 is 11.6 Å². The molecule has 1 saturated carbocycles. The fourth-order valence-electron chi connectivity index (χ4n) is 2.88. The minimum Gasteiger partial charge on any atom is -0.321 e. The summed E-state index contributed by atoms with van der Waals surface area (Å²) in [4.78, 5) is 15.9. The van der Waals surface area contributed by atoms with E-state index < -0.39 is 0 Å². The van der Waals surface area contributed by atoms with Crippen LogP contribution in [0.15, 0.2) is 24.3 Å². The minimum absolute atomic E-state index is 0.120. The normalized spacial score (nSPS) is 23.3. The highest BCUT2D eigenvalue weighted by Crippen LogP contribution is 2.39. The van der Waals surface area contributed by atoms with E-state index in [-0.39, 0.29) is 11.4 Å². The number of carbonyl (C=O) groups is 1. The summed E-state index contributed by atoms with van der Waals surface area (Å²) in [6.07, 6.45) is 3.36. The Morgan fingerprint density at radius 1 is 1.16 bits per heavy atom. The number of hydrogen-bond donors (Lipinski definition) is 1. The lowest BCUT2D eigenvalue weighted by Crippen LogP contribution is -2.49. The highest BCUT2D eigenvalue weighted by Gasteiger charge is 2.34. The fraction of sp³-hybridized carbons (Fsp3) is 0.533. The van der Waals surface area contributed by atoms with Crippen LogP contribution in [-0.4, -0.2) is 37.5 Å². The number of carbonyl (C=O) groups excluding carboxylic acids is 1. The van der Waals surface area contributed by atoms with Crippen molar-refractivity contribution in [3.8, 4) is 0 Å². The first-order valence-corrected chi connectivity index (χ1v) is 6.97. The first-order valence-electron chi connectivity index (χ1n) is 6.97. The van der Waals surface area contributed by atoms with Gasteiger partial charge in [0, 0.05) is 24.3 Å². The fourth-order valence-corrected chi connectivity index (χ4v) is 2.88. The molecular weight excluding hydrogens is 238 g/mol. The van der Waals surface area contributed by atoms with Crippen LogP contribution in [0.1, 0.15) is 24.8 Å². The SMILES string of the molecule is CN1CCN(c2ccc(C3(N)CCC3)cc2)C(=O)C1. The van der Waals surface area contributed by atoms with Crippen LogP contribution in [0.4, 0.5) is 5.69 Å². The standard InChI is InChI=1S/C15H21N3O/c1-17-9-10-18(14(19)11-17)13-5-3-12(4-6-13)15(16)7-2-8-15/h3-6H,2,7-11,16H2,1H3. The van der Waals surface area contributed by atoms with E-state index in [0.29, 0.717) is 6.54 Å². The van der Waals surface area contributed by atoms with Crippen LogP contribution in [0.3, 0.4) is 0 Å². The molecule has 2 fully saturated rings. The molecule has 0 unspecified atom stereocenters. The second-order valence-corrected chi connectivity index (χ2v) is 5.84. The van der Waals surface area contributed by atoms with Gasteiger partial charge in [0.15, 0.2) is 0 Å². The predicted molar refractivity (Wildman–Crippen MR) is 76.0 cm³/mol. The maximum absolute atomic E-state index is 12.0. The largest absolute Gasteiger partial charge is 0.321 e. The van der Waals surface area contributed by atoms with Crippen molar-refractivity contribution in [3.05, 3.63) is 29.8 Å². The molecule has 1 heterocycles. The Morgan fingerprint density at radius 2 is 1.84 bits per heavy atom. The smallest absolute Gasteiger partial charge is 0.241 e. The van der Waals surface area contributed by atoms with E-state index in [4.69, 9.17) is 5.73 Å². The summed E-state index contributed by atoms with van der Waals surface area (Å²) in [5.74, 6) is 0.174. The van der Waals surface area contributed by atoms with Gasteiger partial charge in [-0.3, -0.25) is 9.69 Å². The third kappa shape index (κ3) is 2.26. The molecule has 19 heavy (non-hydrogen) atoms. The zero-order valence-electron chi connectivity index (χ0n) is 11.4. The zero-order valence-corrected chi connectivity index (χ0v) is 11.4. The van der Waals surface area contributed by atoms with E-state index >= 15 is 0 Å². The van der Waals surface area contributed by atoms with Gasteiger partial charge in [-0.1, -0.05) is 12.1 Å². The van der Waals surface area contributed by atoms with Crippen molar-refractivity contribution in [2.75, 3.05) is 31.6 Å². The molecule has 1 aromatic rings. The molecule has 0 spiro atoms. The molecule has 1 aliphatic heterocycles. The third-order valence-electron chi connectivity index (χ3n) is 4.41.